The second-order valence-electron chi connectivity index (χ2n) is 5.50. The fourth-order valence-corrected chi connectivity index (χ4v) is 2.14. The Labute approximate surface area is 116 Å². The fourth-order valence-electron chi connectivity index (χ4n) is 2.14. The van der Waals surface area contributed by atoms with E-state index in [1.54, 1.807) is 0 Å². The number of hydrogen-bond donors (Lipinski definition) is 2. The van der Waals surface area contributed by atoms with E-state index in [4.69, 9.17) is 15.2 Å². The molecule has 0 saturated carbocycles. The zero-order chi connectivity index (χ0) is 14.1. The molecule has 0 aliphatic carbocycles. The van der Waals surface area contributed by atoms with Crippen molar-refractivity contribution in [3.8, 4) is 0 Å². The van der Waals surface area contributed by atoms with E-state index in [0.717, 1.165) is 45.6 Å². The number of ether oxygens (including phenoxy) is 2. The molecule has 5 heteroatoms. The maximum atomic E-state index is 11.5. The average Bonchev–Trinajstić information content (AvgIpc) is 2.42. The van der Waals surface area contributed by atoms with Gasteiger partial charge in [0.25, 0.3) is 0 Å². The van der Waals surface area contributed by atoms with Crippen molar-refractivity contribution < 1.29 is 14.3 Å². The first-order valence-corrected chi connectivity index (χ1v) is 7.29. The van der Waals surface area contributed by atoms with Gasteiger partial charge in [-0.1, -0.05) is 6.92 Å². The molecular formula is C14H28N2O3. The summed E-state index contributed by atoms with van der Waals surface area (Å²) in [5, 5.41) is 3.21. The first kappa shape index (κ1) is 16.4. The van der Waals surface area contributed by atoms with E-state index >= 15 is 0 Å². The summed E-state index contributed by atoms with van der Waals surface area (Å²) in [6, 6.07) is 0. The normalized spacial score (nSPS) is 20.1. The van der Waals surface area contributed by atoms with Crippen LogP contribution in [0.3, 0.4) is 0 Å². The van der Waals surface area contributed by atoms with E-state index in [-0.39, 0.29) is 5.91 Å². The predicted octanol–water partition coefficient (Wildman–Crippen LogP) is 1.06. The monoisotopic (exact) mass is 272 g/mol. The Balaban J connectivity index is 2.22. The Morgan fingerprint density at radius 1 is 1.47 bits per heavy atom. The summed E-state index contributed by atoms with van der Waals surface area (Å²) in [4.78, 5) is 11.5. The van der Waals surface area contributed by atoms with Gasteiger partial charge in [-0.25, -0.2) is 0 Å². The second kappa shape index (κ2) is 8.51. The van der Waals surface area contributed by atoms with E-state index in [0.29, 0.717) is 18.9 Å². The highest BCUT2D eigenvalue weighted by Gasteiger charge is 2.29. The summed E-state index contributed by atoms with van der Waals surface area (Å²) in [6.07, 6.45) is 3.74. The molecule has 1 heterocycles. The van der Waals surface area contributed by atoms with Crippen LogP contribution in [0.5, 0.6) is 0 Å². The molecule has 1 amide bonds. The molecule has 0 radical (unpaired) electrons. The highest BCUT2D eigenvalue weighted by atomic mass is 16.5. The van der Waals surface area contributed by atoms with Crippen LogP contribution in [0.15, 0.2) is 0 Å². The molecule has 0 aromatic rings. The first-order valence-electron chi connectivity index (χ1n) is 7.29. The van der Waals surface area contributed by atoms with E-state index in [1.165, 1.54) is 0 Å². The molecule has 1 unspecified atom stereocenters. The van der Waals surface area contributed by atoms with E-state index < -0.39 is 5.54 Å². The lowest BCUT2D eigenvalue weighted by atomic mass is 9.97. The van der Waals surface area contributed by atoms with Crippen molar-refractivity contribution in [3.63, 3.8) is 0 Å². The number of rotatable bonds is 9. The third kappa shape index (κ3) is 5.89. The average molecular weight is 272 g/mol. The minimum absolute atomic E-state index is 0.310. The number of primary amides is 1. The highest BCUT2D eigenvalue weighted by Crippen LogP contribution is 2.16. The maximum absolute atomic E-state index is 11.5. The van der Waals surface area contributed by atoms with Crippen LogP contribution in [0.4, 0.5) is 0 Å². The quantitative estimate of drug-likeness (QED) is 0.616. The van der Waals surface area contributed by atoms with Crippen LogP contribution in [0.25, 0.3) is 0 Å². The number of carbonyl (C=O) groups is 1. The van der Waals surface area contributed by atoms with Gasteiger partial charge in [0, 0.05) is 26.4 Å². The molecular weight excluding hydrogens is 244 g/mol. The molecule has 1 fully saturated rings. The molecule has 3 N–H and O–H groups in total. The number of carbonyl (C=O) groups excluding carboxylic acids is 1. The Kier molecular flexibility index (Phi) is 7.34. The van der Waals surface area contributed by atoms with Crippen molar-refractivity contribution in [3.05, 3.63) is 0 Å². The Morgan fingerprint density at radius 3 is 2.74 bits per heavy atom. The second-order valence-corrected chi connectivity index (χ2v) is 5.50. The van der Waals surface area contributed by atoms with Gasteiger partial charge in [0.15, 0.2) is 0 Å². The van der Waals surface area contributed by atoms with Gasteiger partial charge in [-0.15, -0.1) is 0 Å². The smallest absolute Gasteiger partial charge is 0.237 e. The van der Waals surface area contributed by atoms with Crippen molar-refractivity contribution in [1.29, 1.82) is 0 Å². The number of amides is 1. The minimum Gasteiger partial charge on any atom is -0.381 e. The van der Waals surface area contributed by atoms with Crippen molar-refractivity contribution in [2.75, 3.05) is 33.0 Å². The van der Waals surface area contributed by atoms with Gasteiger partial charge >= 0.3 is 0 Å². The van der Waals surface area contributed by atoms with Crippen molar-refractivity contribution in [2.24, 2.45) is 11.7 Å². The lowest BCUT2D eigenvalue weighted by Crippen LogP contribution is -2.54. The minimum atomic E-state index is -0.661. The summed E-state index contributed by atoms with van der Waals surface area (Å²) in [6.45, 7) is 7.70. The molecule has 5 nitrogen and oxygen atoms in total. The lowest BCUT2D eigenvalue weighted by molar-refractivity contribution is -0.124. The standard InChI is InChI=1S/C14H28N2O3/c1-3-7-16-14(2,13(15)17)6-10-19-11-12-4-8-18-9-5-12/h12,16H,3-11H2,1-2H3,(H2,15,17). The molecule has 1 saturated heterocycles. The van der Waals surface area contributed by atoms with Crippen molar-refractivity contribution in [1.82, 2.24) is 5.32 Å². The van der Waals surface area contributed by atoms with Crippen LogP contribution in [0.2, 0.25) is 0 Å². The Morgan fingerprint density at radius 2 is 2.16 bits per heavy atom. The lowest BCUT2D eigenvalue weighted by Gasteiger charge is -2.28. The maximum Gasteiger partial charge on any atom is 0.237 e. The number of nitrogens with one attached hydrogen (secondary N) is 1. The Hall–Kier alpha value is -0.650. The van der Waals surface area contributed by atoms with Crippen molar-refractivity contribution >= 4 is 5.91 Å². The summed E-state index contributed by atoms with van der Waals surface area (Å²) < 4.78 is 11.0. The van der Waals surface area contributed by atoms with Crippen LogP contribution < -0.4 is 11.1 Å². The molecule has 1 rings (SSSR count). The molecule has 0 aromatic carbocycles. The molecule has 0 spiro atoms. The van der Waals surface area contributed by atoms with Gasteiger partial charge in [-0.2, -0.15) is 0 Å². The zero-order valence-electron chi connectivity index (χ0n) is 12.2. The number of nitrogens with two attached hydrogens (primary N) is 1. The van der Waals surface area contributed by atoms with Gasteiger partial charge in [0.1, 0.15) is 0 Å². The van der Waals surface area contributed by atoms with Crippen LogP contribution in [0.1, 0.15) is 39.5 Å². The van der Waals surface area contributed by atoms with Crippen LogP contribution in [0, 0.1) is 5.92 Å². The molecule has 1 aliphatic rings. The van der Waals surface area contributed by atoms with Crippen LogP contribution in [-0.4, -0.2) is 44.4 Å². The molecule has 1 aliphatic heterocycles. The predicted molar refractivity (Wildman–Crippen MR) is 74.9 cm³/mol. The summed E-state index contributed by atoms with van der Waals surface area (Å²) in [5.41, 5.74) is 4.80. The van der Waals surface area contributed by atoms with Gasteiger partial charge in [0.2, 0.25) is 5.91 Å². The van der Waals surface area contributed by atoms with Gasteiger partial charge in [-0.05, 0) is 45.1 Å². The zero-order valence-corrected chi connectivity index (χ0v) is 12.2. The topological polar surface area (TPSA) is 73.6 Å². The van der Waals surface area contributed by atoms with Gasteiger partial charge < -0.3 is 20.5 Å². The third-order valence-electron chi connectivity index (χ3n) is 3.75. The Bertz CT molecular complexity index is 267. The summed E-state index contributed by atoms with van der Waals surface area (Å²) in [7, 11) is 0. The van der Waals surface area contributed by atoms with E-state index in [1.807, 2.05) is 6.92 Å². The van der Waals surface area contributed by atoms with Crippen LogP contribution in [-0.2, 0) is 14.3 Å². The first-order chi connectivity index (χ1) is 9.08. The highest BCUT2D eigenvalue weighted by molar-refractivity contribution is 5.84. The van der Waals surface area contributed by atoms with Gasteiger partial charge in [0.05, 0.1) is 5.54 Å². The molecule has 112 valence electrons. The molecule has 1 atom stereocenters. The van der Waals surface area contributed by atoms with E-state index in [9.17, 15) is 4.79 Å². The van der Waals surface area contributed by atoms with Crippen molar-refractivity contribution in [2.45, 2.75) is 45.1 Å². The SMILES string of the molecule is CCCNC(C)(CCOCC1CCOCC1)C(N)=O. The van der Waals surface area contributed by atoms with E-state index in [2.05, 4.69) is 12.2 Å². The molecule has 0 aromatic heterocycles. The third-order valence-corrected chi connectivity index (χ3v) is 3.75. The molecule has 19 heavy (non-hydrogen) atoms. The largest absolute Gasteiger partial charge is 0.381 e. The van der Waals surface area contributed by atoms with Gasteiger partial charge in [-0.3, -0.25) is 4.79 Å². The number of hydrogen-bond acceptors (Lipinski definition) is 4. The summed E-state index contributed by atoms with van der Waals surface area (Å²) in [5.74, 6) is 0.285. The van der Waals surface area contributed by atoms with Crippen LogP contribution >= 0.6 is 0 Å². The fraction of sp³-hybridized carbons (Fsp3) is 0.929. The molecule has 0 bridgehead atoms. The summed E-state index contributed by atoms with van der Waals surface area (Å²) >= 11 is 0.